The Morgan fingerprint density at radius 1 is 1.22 bits per heavy atom. The van der Waals surface area contributed by atoms with Crippen molar-refractivity contribution < 1.29 is 9.53 Å². The van der Waals surface area contributed by atoms with Crippen LogP contribution in [0.1, 0.15) is 0 Å². The van der Waals surface area contributed by atoms with Gasteiger partial charge in [-0.2, -0.15) is 0 Å². The van der Waals surface area contributed by atoms with Crippen molar-refractivity contribution in [1.29, 1.82) is 0 Å². The van der Waals surface area contributed by atoms with Crippen LogP contribution in [0.25, 0.3) is 0 Å². The van der Waals surface area contributed by atoms with Crippen LogP contribution in [-0.2, 0) is 4.79 Å². The highest BCUT2D eigenvalue weighted by atomic mass is 79.9. The molecule has 92 valence electrons. The average Bonchev–Trinajstić information content (AvgIpc) is 2.40. The second kappa shape index (κ2) is 6.16. The van der Waals surface area contributed by atoms with Crippen LogP contribution >= 0.6 is 15.9 Å². The maximum absolute atomic E-state index is 11.6. The Hall–Kier alpha value is -1.88. The van der Waals surface area contributed by atoms with Gasteiger partial charge in [-0.05, 0) is 40.2 Å². The maximum Gasteiger partial charge on any atom is 0.263 e. The van der Waals surface area contributed by atoms with Gasteiger partial charge < -0.3 is 10.1 Å². The number of nitrogens with zero attached hydrogens (tertiary/aromatic N) is 1. The number of benzene rings is 1. The van der Waals surface area contributed by atoms with Crippen LogP contribution in [0.5, 0.6) is 5.75 Å². The molecule has 0 unspecified atom stereocenters. The minimum absolute atomic E-state index is 0.0486. The molecule has 0 spiro atoms. The third-order valence-electron chi connectivity index (χ3n) is 2.13. The van der Waals surface area contributed by atoms with Crippen LogP contribution in [0.2, 0.25) is 0 Å². The molecule has 1 N–H and O–H groups in total. The number of ether oxygens (including phenoxy) is 1. The van der Waals surface area contributed by atoms with Gasteiger partial charge >= 0.3 is 0 Å². The summed E-state index contributed by atoms with van der Waals surface area (Å²) in [6, 6.07) is 12.8. The molecule has 2 rings (SSSR count). The smallest absolute Gasteiger partial charge is 0.263 e. The molecule has 0 atom stereocenters. The summed E-state index contributed by atoms with van der Waals surface area (Å²) in [5, 5.41) is 2.66. The number of nitrogens with one attached hydrogen (secondary N) is 1. The van der Waals surface area contributed by atoms with Gasteiger partial charge in [-0.15, -0.1) is 0 Å². The molecule has 1 heterocycles. The second-order valence-corrected chi connectivity index (χ2v) is 4.34. The highest BCUT2D eigenvalue weighted by molar-refractivity contribution is 9.10. The van der Waals surface area contributed by atoms with Crippen LogP contribution in [-0.4, -0.2) is 17.5 Å². The zero-order chi connectivity index (χ0) is 12.8. The minimum Gasteiger partial charge on any atom is -0.484 e. The SMILES string of the molecule is O=C(COc1ccccc1)Nc1ncccc1Br. The first-order valence-corrected chi connectivity index (χ1v) is 6.13. The summed E-state index contributed by atoms with van der Waals surface area (Å²) in [5.74, 6) is 0.894. The maximum atomic E-state index is 11.6. The lowest BCUT2D eigenvalue weighted by Crippen LogP contribution is -2.20. The normalized spacial score (nSPS) is 9.83. The van der Waals surface area contributed by atoms with Gasteiger partial charge in [0.2, 0.25) is 0 Å². The number of carbonyl (C=O) groups is 1. The van der Waals surface area contributed by atoms with Gasteiger partial charge in [-0.3, -0.25) is 4.79 Å². The van der Waals surface area contributed by atoms with E-state index >= 15 is 0 Å². The minimum atomic E-state index is -0.252. The largest absolute Gasteiger partial charge is 0.484 e. The first-order valence-electron chi connectivity index (χ1n) is 5.34. The molecule has 0 bridgehead atoms. The highest BCUT2D eigenvalue weighted by Crippen LogP contribution is 2.18. The first kappa shape index (κ1) is 12.6. The molecule has 4 nitrogen and oxygen atoms in total. The number of hydrogen-bond acceptors (Lipinski definition) is 3. The van der Waals surface area contributed by atoms with Gasteiger partial charge in [-0.25, -0.2) is 4.98 Å². The van der Waals surface area contributed by atoms with Crippen molar-refractivity contribution in [3.05, 3.63) is 53.1 Å². The molecule has 0 aliphatic rings. The Bertz CT molecular complexity index is 532. The summed E-state index contributed by atoms with van der Waals surface area (Å²) in [6.07, 6.45) is 1.61. The number of anilines is 1. The number of hydrogen-bond donors (Lipinski definition) is 1. The molecular formula is C13H11BrN2O2. The molecule has 0 aliphatic carbocycles. The molecule has 0 aliphatic heterocycles. The van der Waals surface area contributed by atoms with Gasteiger partial charge in [-0.1, -0.05) is 18.2 Å². The highest BCUT2D eigenvalue weighted by Gasteiger charge is 2.06. The lowest BCUT2D eigenvalue weighted by atomic mass is 10.3. The van der Waals surface area contributed by atoms with Crippen molar-refractivity contribution >= 4 is 27.7 Å². The molecule has 0 saturated heterocycles. The van der Waals surface area contributed by atoms with Crippen molar-refractivity contribution in [3.63, 3.8) is 0 Å². The number of halogens is 1. The molecule has 0 radical (unpaired) electrons. The monoisotopic (exact) mass is 306 g/mol. The Labute approximate surface area is 113 Å². The molecule has 2 aromatic rings. The molecule has 1 aromatic heterocycles. The number of pyridine rings is 1. The van der Waals surface area contributed by atoms with E-state index in [0.29, 0.717) is 11.6 Å². The Morgan fingerprint density at radius 3 is 2.72 bits per heavy atom. The van der Waals surface area contributed by atoms with E-state index in [2.05, 4.69) is 26.2 Å². The van der Waals surface area contributed by atoms with Crippen molar-refractivity contribution in [2.45, 2.75) is 0 Å². The quantitative estimate of drug-likeness (QED) is 0.945. The third-order valence-corrected chi connectivity index (χ3v) is 2.77. The Morgan fingerprint density at radius 2 is 2.00 bits per heavy atom. The summed E-state index contributed by atoms with van der Waals surface area (Å²) in [6.45, 7) is -0.0486. The summed E-state index contributed by atoms with van der Waals surface area (Å²) in [4.78, 5) is 15.7. The van der Waals surface area contributed by atoms with Gasteiger partial charge in [0.15, 0.2) is 6.61 Å². The van der Waals surface area contributed by atoms with Crippen molar-refractivity contribution in [2.24, 2.45) is 0 Å². The van der Waals surface area contributed by atoms with Crippen molar-refractivity contribution in [1.82, 2.24) is 4.98 Å². The lowest BCUT2D eigenvalue weighted by molar-refractivity contribution is -0.118. The fraction of sp³-hybridized carbons (Fsp3) is 0.0769. The molecule has 1 aromatic carbocycles. The number of rotatable bonds is 4. The van der Waals surface area contributed by atoms with Gasteiger partial charge in [0.05, 0.1) is 4.47 Å². The standard InChI is InChI=1S/C13H11BrN2O2/c14-11-7-4-8-15-13(11)16-12(17)9-18-10-5-2-1-3-6-10/h1-8H,9H2,(H,15,16,17). The Balaban J connectivity index is 1.88. The number of amides is 1. The van der Waals surface area contributed by atoms with Gasteiger partial charge in [0.25, 0.3) is 5.91 Å². The lowest BCUT2D eigenvalue weighted by Gasteiger charge is -2.07. The van der Waals surface area contributed by atoms with E-state index in [1.165, 1.54) is 0 Å². The fourth-order valence-corrected chi connectivity index (χ4v) is 1.67. The van der Waals surface area contributed by atoms with E-state index in [-0.39, 0.29) is 12.5 Å². The number of aromatic nitrogens is 1. The predicted octanol–water partition coefficient (Wildman–Crippen LogP) is 2.86. The Kier molecular flexibility index (Phi) is 4.30. The van der Waals surface area contributed by atoms with E-state index in [1.807, 2.05) is 18.2 Å². The van der Waals surface area contributed by atoms with Crippen LogP contribution in [0.4, 0.5) is 5.82 Å². The van der Waals surface area contributed by atoms with Crippen LogP contribution in [0.3, 0.4) is 0 Å². The molecule has 0 fully saturated rings. The third kappa shape index (κ3) is 3.56. The van der Waals surface area contributed by atoms with E-state index in [4.69, 9.17) is 4.74 Å². The summed E-state index contributed by atoms with van der Waals surface area (Å²) >= 11 is 3.30. The zero-order valence-electron chi connectivity index (χ0n) is 9.47. The fourth-order valence-electron chi connectivity index (χ4n) is 1.31. The van der Waals surface area contributed by atoms with E-state index in [1.54, 1.807) is 30.5 Å². The van der Waals surface area contributed by atoms with Crippen LogP contribution in [0.15, 0.2) is 53.1 Å². The number of carbonyl (C=O) groups excluding carboxylic acids is 1. The number of para-hydroxylation sites is 1. The zero-order valence-corrected chi connectivity index (χ0v) is 11.1. The van der Waals surface area contributed by atoms with E-state index in [9.17, 15) is 4.79 Å². The van der Waals surface area contributed by atoms with Crippen LogP contribution in [0, 0.1) is 0 Å². The molecule has 1 amide bonds. The molecule has 5 heteroatoms. The van der Waals surface area contributed by atoms with Crippen LogP contribution < -0.4 is 10.1 Å². The van der Waals surface area contributed by atoms with E-state index < -0.39 is 0 Å². The van der Waals surface area contributed by atoms with Crippen molar-refractivity contribution in [3.8, 4) is 5.75 Å². The molecule has 0 saturated carbocycles. The van der Waals surface area contributed by atoms with Gasteiger partial charge in [0.1, 0.15) is 11.6 Å². The second-order valence-electron chi connectivity index (χ2n) is 3.48. The summed E-state index contributed by atoms with van der Waals surface area (Å²) in [7, 11) is 0. The van der Waals surface area contributed by atoms with Gasteiger partial charge in [0, 0.05) is 6.20 Å². The molecular weight excluding hydrogens is 296 g/mol. The summed E-state index contributed by atoms with van der Waals surface area (Å²) < 4.78 is 6.06. The topological polar surface area (TPSA) is 51.2 Å². The first-order chi connectivity index (χ1) is 8.75. The predicted molar refractivity (Wildman–Crippen MR) is 72.5 cm³/mol. The average molecular weight is 307 g/mol. The van der Waals surface area contributed by atoms with Crippen molar-refractivity contribution in [2.75, 3.05) is 11.9 Å². The molecule has 18 heavy (non-hydrogen) atoms. The summed E-state index contributed by atoms with van der Waals surface area (Å²) in [5.41, 5.74) is 0. The van der Waals surface area contributed by atoms with E-state index in [0.717, 1.165) is 4.47 Å².